The molecule has 0 saturated carbocycles. The van der Waals surface area contributed by atoms with E-state index in [1.807, 2.05) is 0 Å². The van der Waals surface area contributed by atoms with Gasteiger partial charge in [0.2, 0.25) is 0 Å². The van der Waals surface area contributed by atoms with E-state index in [2.05, 4.69) is 13.8 Å². The van der Waals surface area contributed by atoms with Gasteiger partial charge in [0.25, 0.3) is 0 Å². The highest BCUT2D eigenvalue weighted by atomic mass is 28.4. The highest BCUT2D eigenvalue weighted by Crippen LogP contribution is 2.33. The van der Waals surface area contributed by atoms with Crippen LogP contribution in [0.3, 0.4) is 0 Å². The summed E-state index contributed by atoms with van der Waals surface area (Å²) in [5.41, 5.74) is 0. The molecule has 18 heavy (non-hydrogen) atoms. The average Bonchev–Trinajstić information content (AvgIpc) is 2.41. The zero-order valence-corrected chi connectivity index (χ0v) is 13.8. The fourth-order valence-electron chi connectivity index (χ4n) is 3.18. The molecule has 1 aliphatic rings. The molecule has 0 aromatic heterocycles. The molecule has 0 aromatic carbocycles. The van der Waals surface area contributed by atoms with Crippen LogP contribution < -0.4 is 0 Å². The Morgan fingerprint density at radius 1 is 0.778 bits per heavy atom. The smallest absolute Gasteiger partial charge is 0.192 e. The van der Waals surface area contributed by atoms with Crippen LogP contribution in [0.25, 0.3) is 0 Å². The van der Waals surface area contributed by atoms with Crippen molar-refractivity contribution in [1.82, 2.24) is 0 Å². The van der Waals surface area contributed by atoms with Crippen molar-refractivity contribution in [3.05, 3.63) is 0 Å². The molecule has 0 atom stereocenters. The van der Waals surface area contributed by atoms with Gasteiger partial charge < -0.3 is 4.43 Å². The summed E-state index contributed by atoms with van der Waals surface area (Å²) >= 11 is 0. The molecule has 0 N–H and O–H groups in total. The second-order valence-electron chi connectivity index (χ2n) is 6.11. The lowest BCUT2D eigenvalue weighted by Crippen LogP contribution is -2.41. The summed E-state index contributed by atoms with van der Waals surface area (Å²) in [5, 5.41) is 0. The molecule has 1 saturated heterocycles. The summed E-state index contributed by atoms with van der Waals surface area (Å²) in [6.07, 6.45) is 14.1. The van der Waals surface area contributed by atoms with E-state index in [9.17, 15) is 0 Å². The van der Waals surface area contributed by atoms with E-state index in [0.29, 0.717) is 0 Å². The summed E-state index contributed by atoms with van der Waals surface area (Å²) in [5.74, 6) is 0. The first-order valence-corrected chi connectivity index (χ1v) is 11.0. The Balaban J connectivity index is 2.27. The lowest BCUT2D eigenvalue weighted by Gasteiger charge is -2.35. The van der Waals surface area contributed by atoms with Gasteiger partial charge in [0.1, 0.15) is 0 Å². The van der Waals surface area contributed by atoms with Crippen molar-refractivity contribution in [2.24, 2.45) is 0 Å². The van der Waals surface area contributed by atoms with Crippen LogP contribution in [0.1, 0.15) is 78.1 Å². The Labute approximate surface area is 116 Å². The average molecular weight is 271 g/mol. The van der Waals surface area contributed by atoms with Crippen LogP contribution in [0.15, 0.2) is 0 Å². The molecule has 0 aliphatic carbocycles. The van der Waals surface area contributed by atoms with E-state index in [-0.39, 0.29) is 0 Å². The van der Waals surface area contributed by atoms with E-state index in [4.69, 9.17) is 4.43 Å². The molecular formula is C16H34OSi. The Morgan fingerprint density at radius 3 is 1.83 bits per heavy atom. The van der Waals surface area contributed by atoms with Gasteiger partial charge in [0.15, 0.2) is 8.32 Å². The molecule has 108 valence electrons. The minimum Gasteiger partial charge on any atom is -0.417 e. The van der Waals surface area contributed by atoms with Crippen LogP contribution in [-0.2, 0) is 4.43 Å². The van der Waals surface area contributed by atoms with Crippen LogP contribution in [0.4, 0.5) is 0 Å². The zero-order valence-electron chi connectivity index (χ0n) is 12.8. The van der Waals surface area contributed by atoms with Gasteiger partial charge in [-0.3, -0.25) is 0 Å². The maximum Gasteiger partial charge on any atom is 0.192 e. The summed E-state index contributed by atoms with van der Waals surface area (Å²) in [4.78, 5) is 0. The van der Waals surface area contributed by atoms with Crippen molar-refractivity contribution in [1.29, 1.82) is 0 Å². The monoisotopic (exact) mass is 270 g/mol. The summed E-state index contributed by atoms with van der Waals surface area (Å²) in [7, 11) is -1.28. The Morgan fingerprint density at radius 2 is 1.39 bits per heavy atom. The zero-order chi connectivity index (χ0) is 13.1. The SMILES string of the molecule is CCCCCC[Si]1(CCCCCC)CCCCO1. The summed E-state index contributed by atoms with van der Waals surface area (Å²) in [6, 6.07) is 4.38. The summed E-state index contributed by atoms with van der Waals surface area (Å²) < 4.78 is 6.36. The van der Waals surface area contributed by atoms with Crippen LogP contribution >= 0.6 is 0 Å². The van der Waals surface area contributed by atoms with Gasteiger partial charge in [-0.05, 0) is 24.6 Å². The normalized spacial score (nSPS) is 19.0. The Hall–Kier alpha value is 0.177. The minimum atomic E-state index is -1.28. The van der Waals surface area contributed by atoms with Gasteiger partial charge in [0.05, 0.1) is 0 Å². The van der Waals surface area contributed by atoms with Gasteiger partial charge in [-0.25, -0.2) is 0 Å². The van der Waals surface area contributed by atoms with Crippen LogP contribution in [0.5, 0.6) is 0 Å². The topological polar surface area (TPSA) is 9.23 Å². The number of unbranched alkanes of at least 4 members (excludes halogenated alkanes) is 6. The van der Waals surface area contributed by atoms with Crippen molar-refractivity contribution in [3.8, 4) is 0 Å². The largest absolute Gasteiger partial charge is 0.417 e. The first-order chi connectivity index (χ1) is 8.83. The second-order valence-corrected chi connectivity index (χ2v) is 10.3. The third kappa shape index (κ3) is 6.37. The fraction of sp³-hybridized carbons (Fsp3) is 1.00. The van der Waals surface area contributed by atoms with Gasteiger partial charge in [-0.2, -0.15) is 0 Å². The van der Waals surface area contributed by atoms with Crippen molar-refractivity contribution in [2.45, 2.75) is 96.2 Å². The molecule has 1 nitrogen and oxygen atoms in total. The van der Waals surface area contributed by atoms with E-state index in [1.54, 1.807) is 0 Å². The van der Waals surface area contributed by atoms with Crippen LogP contribution in [0.2, 0.25) is 18.1 Å². The number of rotatable bonds is 10. The van der Waals surface area contributed by atoms with Gasteiger partial charge in [0, 0.05) is 6.61 Å². The molecule has 0 aromatic rings. The number of hydrogen-bond acceptors (Lipinski definition) is 1. The molecule has 0 unspecified atom stereocenters. The molecule has 2 heteroatoms. The Kier molecular flexibility index (Phi) is 9.04. The second kappa shape index (κ2) is 10.0. The number of hydrogen-bond donors (Lipinski definition) is 0. The van der Waals surface area contributed by atoms with Crippen molar-refractivity contribution < 1.29 is 4.43 Å². The van der Waals surface area contributed by atoms with Crippen molar-refractivity contribution in [2.75, 3.05) is 6.61 Å². The highest BCUT2D eigenvalue weighted by molar-refractivity contribution is 6.73. The fourth-order valence-corrected chi connectivity index (χ4v) is 7.62. The standard InChI is InChI=1S/C16H34OSi/c1-3-5-7-10-14-18(15-11-8-6-4-2)16-12-9-13-17-18/h3-16H2,1-2H3. The van der Waals surface area contributed by atoms with Gasteiger partial charge in [-0.1, -0.05) is 71.6 Å². The predicted octanol–water partition coefficient (Wildman–Crippen LogP) is 5.90. The first-order valence-electron chi connectivity index (χ1n) is 8.47. The maximum absolute atomic E-state index is 6.36. The highest BCUT2D eigenvalue weighted by Gasteiger charge is 2.35. The quantitative estimate of drug-likeness (QED) is 0.354. The Bertz CT molecular complexity index is 174. The summed E-state index contributed by atoms with van der Waals surface area (Å²) in [6.45, 7) is 5.68. The molecule has 1 rings (SSSR count). The van der Waals surface area contributed by atoms with Gasteiger partial charge >= 0.3 is 0 Å². The van der Waals surface area contributed by atoms with E-state index >= 15 is 0 Å². The molecular weight excluding hydrogens is 236 g/mol. The molecule has 1 fully saturated rings. The van der Waals surface area contributed by atoms with Crippen LogP contribution in [0, 0.1) is 0 Å². The third-order valence-corrected chi connectivity index (χ3v) is 9.02. The lowest BCUT2D eigenvalue weighted by atomic mass is 10.2. The molecule has 0 bridgehead atoms. The molecule has 1 aliphatic heterocycles. The predicted molar refractivity (Wildman–Crippen MR) is 83.6 cm³/mol. The van der Waals surface area contributed by atoms with Gasteiger partial charge in [-0.15, -0.1) is 0 Å². The third-order valence-electron chi connectivity index (χ3n) is 4.41. The van der Waals surface area contributed by atoms with E-state index in [0.717, 1.165) is 6.61 Å². The van der Waals surface area contributed by atoms with Crippen molar-refractivity contribution in [3.63, 3.8) is 0 Å². The molecule has 0 spiro atoms. The first kappa shape index (κ1) is 16.2. The molecule has 0 radical (unpaired) electrons. The van der Waals surface area contributed by atoms with E-state index < -0.39 is 8.32 Å². The minimum absolute atomic E-state index is 1.08. The molecule has 1 heterocycles. The maximum atomic E-state index is 6.36. The van der Waals surface area contributed by atoms with Crippen molar-refractivity contribution >= 4 is 8.32 Å². The lowest BCUT2D eigenvalue weighted by molar-refractivity contribution is 0.263. The van der Waals surface area contributed by atoms with Crippen LogP contribution in [-0.4, -0.2) is 14.9 Å². The molecule has 0 amide bonds. The van der Waals surface area contributed by atoms with E-state index in [1.165, 1.54) is 82.3 Å².